The van der Waals surface area contributed by atoms with Crippen molar-refractivity contribution in [1.29, 1.82) is 0 Å². The highest BCUT2D eigenvalue weighted by atomic mass is 35.5. The molecule has 10 heteroatoms. The molecule has 188 valence electrons. The Balaban J connectivity index is 0.00000342. The van der Waals surface area contributed by atoms with Crippen molar-refractivity contribution < 1.29 is 9.72 Å². The fourth-order valence-electron chi connectivity index (χ4n) is 4.43. The van der Waals surface area contributed by atoms with Crippen LogP contribution in [-0.2, 0) is 0 Å². The molecule has 4 rings (SSSR count). The molecule has 0 aliphatic carbocycles. The number of amides is 1. The van der Waals surface area contributed by atoms with Crippen LogP contribution in [0.25, 0.3) is 10.2 Å². The summed E-state index contributed by atoms with van der Waals surface area (Å²) in [6.45, 7) is 6.76. The van der Waals surface area contributed by atoms with Crippen molar-refractivity contribution in [3.05, 3.63) is 57.1 Å². The van der Waals surface area contributed by atoms with E-state index in [1.54, 1.807) is 17.0 Å². The summed E-state index contributed by atoms with van der Waals surface area (Å²) in [7, 11) is 3.90. The second-order valence-corrected chi connectivity index (χ2v) is 10.2. The van der Waals surface area contributed by atoms with E-state index in [2.05, 4.69) is 11.0 Å². The third kappa shape index (κ3) is 5.91. The highest BCUT2D eigenvalue weighted by Crippen LogP contribution is 2.35. The van der Waals surface area contributed by atoms with E-state index in [1.165, 1.54) is 17.4 Å². The van der Waals surface area contributed by atoms with Crippen LogP contribution in [0.1, 0.15) is 40.7 Å². The Hall–Kier alpha value is -2.75. The van der Waals surface area contributed by atoms with Crippen LogP contribution in [0, 0.1) is 24.0 Å². The number of carbonyl (C=O) groups is 1. The normalized spacial score (nSPS) is 13.7. The number of halogens is 1. The highest BCUT2D eigenvalue weighted by molar-refractivity contribution is 7.22. The topological polar surface area (TPSA) is 82.8 Å². The molecule has 0 bridgehead atoms. The van der Waals surface area contributed by atoms with Crippen molar-refractivity contribution in [3.63, 3.8) is 0 Å². The molecule has 0 spiro atoms. The number of likely N-dealkylation sites (N-methyl/N-ethyl adjacent to an activating group) is 1. The number of aromatic nitrogens is 1. The number of nitrogens with zero attached hydrogens (tertiary/aromatic N) is 5. The number of nitro groups is 1. The summed E-state index contributed by atoms with van der Waals surface area (Å²) >= 11 is 1.49. The van der Waals surface area contributed by atoms with Gasteiger partial charge in [-0.15, -0.1) is 12.4 Å². The van der Waals surface area contributed by atoms with Crippen LogP contribution in [0.15, 0.2) is 30.3 Å². The number of benzene rings is 2. The van der Waals surface area contributed by atoms with Gasteiger partial charge >= 0.3 is 0 Å². The van der Waals surface area contributed by atoms with Gasteiger partial charge in [-0.05, 0) is 76.5 Å². The van der Waals surface area contributed by atoms with Gasteiger partial charge in [-0.2, -0.15) is 0 Å². The first-order valence-corrected chi connectivity index (χ1v) is 12.4. The number of anilines is 2. The zero-order chi connectivity index (χ0) is 24.4. The van der Waals surface area contributed by atoms with Gasteiger partial charge in [0.2, 0.25) is 0 Å². The second-order valence-electron chi connectivity index (χ2n) is 9.19. The number of rotatable bonds is 7. The van der Waals surface area contributed by atoms with Gasteiger partial charge in [0.25, 0.3) is 11.6 Å². The largest absolute Gasteiger partial charge is 0.366 e. The first-order chi connectivity index (χ1) is 16.2. The molecule has 0 unspecified atom stereocenters. The minimum Gasteiger partial charge on any atom is -0.366 e. The molecule has 1 fully saturated rings. The van der Waals surface area contributed by atoms with Gasteiger partial charge in [0.15, 0.2) is 5.13 Å². The third-order valence-corrected chi connectivity index (χ3v) is 7.40. The highest BCUT2D eigenvalue weighted by Gasteiger charge is 2.27. The first kappa shape index (κ1) is 26.8. The molecule has 1 aliphatic rings. The number of hydrogen-bond acceptors (Lipinski definition) is 7. The Kier molecular flexibility index (Phi) is 8.69. The minimum atomic E-state index is -0.380. The molecule has 1 aromatic heterocycles. The molecule has 2 heterocycles. The summed E-state index contributed by atoms with van der Waals surface area (Å²) in [6.07, 6.45) is 3.18. The minimum absolute atomic E-state index is 0. The molecule has 2 aromatic carbocycles. The summed E-state index contributed by atoms with van der Waals surface area (Å²) in [6, 6.07) is 9.00. The predicted molar refractivity (Wildman–Crippen MR) is 146 cm³/mol. The van der Waals surface area contributed by atoms with E-state index in [1.807, 2.05) is 38.9 Å². The molecule has 1 amide bonds. The van der Waals surface area contributed by atoms with Crippen LogP contribution in [0.5, 0.6) is 0 Å². The van der Waals surface area contributed by atoms with E-state index in [-0.39, 0.29) is 28.9 Å². The molecular formula is C25H32ClN5O3S. The Morgan fingerprint density at radius 2 is 1.83 bits per heavy atom. The van der Waals surface area contributed by atoms with Gasteiger partial charge < -0.3 is 9.80 Å². The lowest BCUT2D eigenvalue weighted by molar-refractivity contribution is -0.384. The Labute approximate surface area is 216 Å². The van der Waals surface area contributed by atoms with Crippen molar-refractivity contribution in [2.75, 3.05) is 50.1 Å². The predicted octanol–water partition coefficient (Wildman–Crippen LogP) is 5.44. The van der Waals surface area contributed by atoms with Gasteiger partial charge in [0.05, 0.1) is 15.1 Å². The summed E-state index contributed by atoms with van der Waals surface area (Å²) < 4.78 is 1.05. The van der Waals surface area contributed by atoms with Crippen LogP contribution >= 0.6 is 23.7 Å². The summed E-state index contributed by atoms with van der Waals surface area (Å²) in [5.41, 5.74) is 3.99. The van der Waals surface area contributed by atoms with E-state index in [9.17, 15) is 14.9 Å². The summed E-state index contributed by atoms with van der Waals surface area (Å²) in [5.74, 6) is -0.274. The van der Waals surface area contributed by atoms with E-state index in [0.29, 0.717) is 29.5 Å². The molecule has 0 N–H and O–H groups in total. The van der Waals surface area contributed by atoms with Crippen molar-refractivity contribution >= 4 is 56.4 Å². The molecular weight excluding hydrogens is 486 g/mol. The van der Waals surface area contributed by atoms with Gasteiger partial charge in [-0.25, -0.2) is 4.98 Å². The maximum Gasteiger partial charge on any atom is 0.293 e. The smallest absolute Gasteiger partial charge is 0.293 e. The number of hydrogen-bond donors (Lipinski definition) is 0. The quantitative estimate of drug-likeness (QED) is 0.306. The van der Waals surface area contributed by atoms with Crippen LogP contribution < -0.4 is 9.80 Å². The van der Waals surface area contributed by atoms with Crippen molar-refractivity contribution in [2.45, 2.75) is 33.1 Å². The molecule has 8 nitrogen and oxygen atoms in total. The van der Waals surface area contributed by atoms with Crippen molar-refractivity contribution in [3.8, 4) is 0 Å². The monoisotopic (exact) mass is 517 g/mol. The van der Waals surface area contributed by atoms with E-state index in [4.69, 9.17) is 4.98 Å². The van der Waals surface area contributed by atoms with Crippen molar-refractivity contribution in [1.82, 2.24) is 9.88 Å². The van der Waals surface area contributed by atoms with Crippen LogP contribution in [0.2, 0.25) is 0 Å². The lowest BCUT2D eigenvalue weighted by atomic mass is 10.1. The number of fused-ring (bicyclic) bond motifs is 1. The molecule has 1 saturated heterocycles. The maximum atomic E-state index is 13.7. The maximum absolute atomic E-state index is 13.7. The van der Waals surface area contributed by atoms with Crippen LogP contribution in [0.3, 0.4) is 0 Å². The average molecular weight is 518 g/mol. The van der Waals surface area contributed by atoms with Crippen LogP contribution in [-0.4, -0.2) is 61.0 Å². The lowest BCUT2D eigenvalue weighted by Crippen LogP contribution is -2.37. The zero-order valence-corrected chi connectivity index (χ0v) is 22.2. The van der Waals surface area contributed by atoms with Crippen molar-refractivity contribution in [2.24, 2.45) is 0 Å². The van der Waals surface area contributed by atoms with Gasteiger partial charge in [-0.3, -0.25) is 19.8 Å². The lowest BCUT2D eigenvalue weighted by Gasteiger charge is -2.28. The fourth-order valence-corrected chi connectivity index (χ4v) is 5.47. The van der Waals surface area contributed by atoms with E-state index >= 15 is 0 Å². The molecule has 0 radical (unpaired) electrons. The van der Waals surface area contributed by atoms with Gasteiger partial charge in [0, 0.05) is 37.8 Å². The Bertz CT molecular complexity index is 1220. The van der Waals surface area contributed by atoms with Crippen LogP contribution in [0.4, 0.5) is 16.5 Å². The third-order valence-electron chi connectivity index (χ3n) is 6.17. The molecule has 0 atom stereocenters. The Morgan fingerprint density at radius 1 is 1.11 bits per heavy atom. The number of thiazole rings is 1. The first-order valence-electron chi connectivity index (χ1n) is 11.6. The molecule has 3 aromatic rings. The van der Waals surface area contributed by atoms with E-state index in [0.717, 1.165) is 53.7 Å². The fraction of sp³-hybridized carbons (Fsp3) is 0.440. The number of carbonyl (C=O) groups excluding carboxylic acids is 1. The number of aryl methyl sites for hydroxylation is 2. The summed E-state index contributed by atoms with van der Waals surface area (Å²) in [5, 5.41) is 12.5. The standard InChI is InChI=1S/C25H31N5O3S.ClH/c1-17-14-18(2)23-20(15-17)26-25(34-23)29(13-12-27(3)4)24(31)19-8-9-21(22(16-19)30(32)33)28-10-6-5-7-11-28;/h8-9,14-16H,5-7,10-13H2,1-4H3;1H. The zero-order valence-electron chi connectivity index (χ0n) is 20.6. The molecule has 0 saturated carbocycles. The number of nitro benzene ring substituents is 1. The molecule has 35 heavy (non-hydrogen) atoms. The summed E-state index contributed by atoms with van der Waals surface area (Å²) in [4.78, 5) is 35.7. The SMILES string of the molecule is Cc1cc(C)c2sc(N(CCN(C)C)C(=O)c3ccc(N4CCCCC4)c([N+](=O)[O-])c3)nc2c1.Cl. The average Bonchev–Trinajstić information content (AvgIpc) is 3.23. The number of piperidine rings is 1. The second kappa shape index (κ2) is 11.3. The van der Waals surface area contributed by atoms with Gasteiger partial charge in [0.1, 0.15) is 5.69 Å². The van der Waals surface area contributed by atoms with E-state index < -0.39 is 0 Å². The molecule has 1 aliphatic heterocycles. The van der Waals surface area contributed by atoms with Gasteiger partial charge in [-0.1, -0.05) is 17.4 Å². The Morgan fingerprint density at radius 3 is 2.49 bits per heavy atom.